The van der Waals surface area contributed by atoms with E-state index in [9.17, 15) is 0 Å². The van der Waals surface area contributed by atoms with Gasteiger partial charge in [0, 0.05) is 25.8 Å². The second-order valence-corrected chi connectivity index (χ2v) is 7.39. The van der Waals surface area contributed by atoms with Gasteiger partial charge in [-0.1, -0.05) is 57.5 Å². The third kappa shape index (κ3) is 9.81. The summed E-state index contributed by atoms with van der Waals surface area (Å²) in [4.78, 5) is 0. The molecule has 0 aromatic heterocycles. The van der Waals surface area contributed by atoms with E-state index < -0.39 is 0 Å². The van der Waals surface area contributed by atoms with Crippen molar-refractivity contribution in [1.82, 2.24) is 0 Å². The molecule has 0 fully saturated rings. The monoisotopic (exact) mass is 555 g/mol. The molecule has 1 heteroatoms. The number of hydrogen-bond donors (Lipinski definition) is 0. The predicted octanol–water partition coefficient (Wildman–Crippen LogP) is 8.67. The second-order valence-electron chi connectivity index (χ2n) is 7.39. The van der Waals surface area contributed by atoms with Crippen molar-refractivity contribution in [2.75, 3.05) is 0 Å². The van der Waals surface area contributed by atoms with Crippen LogP contribution in [0.25, 0.3) is 16.3 Å². The smallest absolute Gasteiger partial charge is 0 e. The topological polar surface area (TPSA) is 0 Å². The molecule has 0 radical (unpaired) electrons. The normalized spacial score (nSPS) is 10.5. The van der Waals surface area contributed by atoms with E-state index in [0.717, 1.165) is 12.8 Å². The molecular formula is C28H39Hf-7. The number of benzene rings is 2. The Labute approximate surface area is 201 Å². The Morgan fingerprint density at radius 3 is 1.79 bits per heavy atom. The van der Waals surface area contributed by atoms with Crippen LogP contribution < -0.4 is 0 Å². The minimum Gasteiger partial charge on any atom is -0.358 e. The molecule has 0 saturated carbocycles. The van der Waals surface area contributed by atoms with Gasteiger partial charge in [0.25, 0.3) is 0 Å². The van der Waals surface area contributed by atoms with Gasteiger partial charge >= 0.3 is 0 Å². The van der Waals surface area contributed by atoms with E-state index in [1.54, 1.807) is 0 Å². The molecule has 1 aliphatic rings. The average Bonchev–Trinajstić information content (AvgIpc) is 3.18. The first-order valence-corrected chi connectivity index (χ1v) is 8.31. The fourth-order valence-electron chi connectivity index (χ4n) is 3.02. The molecule has 0 spiro atoms. The first-order chi connectivity index (χ1) is 11.0. The van der Waals surface area contributed by atoms with Gasteiger partial charge < -0.3 is 37.1 Å². The molecule has 1 aliphatic carbocycles. The van der Waals surface area contributed by atoms with E-state index in [-0.39, 0.29) is 63.0 Å². The van der Waals surface area contributed by atoms with Crippen LogP contribution in [0.3, 0.4) is 0 Å². The van der Waals surface area contributed by atoms with E-state index >= 15 is 0 Å². The van der Waals surface area contributed by atoms with Crippen LogP contribution in [0.2, 0.25) is 0 Å². The van der Waals surface area contributed by atoms with Crippen molar-refractivity contribution in [3.63, 3.8) is 0 Å². The molecule has 0 aliphatic heterocycles. The van der Waals surface area contributed by atoms with Crippen molar-refractivity contribution < 1.29 is 25.8 Å². The molecule has 4 rings (SSSR count). The molecule has 0 amide bonds. The number of allylic oxidation sites excluding steroid dienone is 2. The first-order valence-electron chi connectivity index (χ1n) is 8.31. The molecule has 0 bridgehead atoms. The van der Waals surface area contributed by atoms with E-state index in [0.29, 0.717) is 5.41 Å². The quantitative estimate of drug-likeness (QED) is 0.209. The van der Waals surface area contributed by atoms with Crippen LogP contribution in [0, 0.1) is 48.6 Å². The molecule has 0 nitrogen and oxygen atoms in total. The summed E-state index contributed by atoms with van der Waals surface area (Å²) in [6, 6.07) is 23.3. The second kappa shape index (κ2) is 15.5. The van der Waals surface area contributed by atoms with E-state index in [4.69, 9.17) is 0 Å². The van der Waals surface area contributed by atoms with Crippen molar-refractivity contribution in [2.24, 2.45) is 5.41 Å². The van der Waals surface area contributed by atoms with Crippen LogP contribution >= 0.6 is 0 Å². The van der Waals surface area contributed by atoms with Crippen LogP contribution in [-0.4, -0.2) is 0 Å². The Balaban J connectivity index is -0.000000253. The summed E-state index contributed by atoms with van der Waals surface area (Å²) in [5.41, 5.74) is 4.59. The van der Waals surface area contributed by atoms with Crippen LogP contribution in [-0.2, 0) is 32.3 Å². The Hall–Kier alpha value is -1.34. The van der Waals surface area contributed by atoms with Gasteiger partial charge in [0.05, 0.1) is 0 Å². The molecule has 0 N–H and O–H groups in total. The Morgan fingerprint density at radius 1 is 0.828 bits per heavy atom. The van der Waals surface area contributed by atoms with Crippen molar-refractivity contribution in [3.8, 4) is 0 Å². The maximum Gasteiger partial charge on any atom is 0 e. The summed E-state index contributed by atoms with van der Waals surface area (Å²) < 4.78 is 0. The van der Waals surface area contributed by atoms with E-state index in [2.05, 4.69) is 63.2 Å². The van der Waals surface area contributed by atoms with E-state index in [1.165, 1.54) is 27.5 Å². The Kier molecular flexibility index (Phi) is 18.8. The van der Waals surface area contributed by atoms with Crippen molar-refractivity contribution in [2.45, 2.75) is 33.6 Å². The van der Waals surface area contributed by atoms with Crippen molar-refractivity contribution >= 4 is 16.3 Å². The van der Waals surface area contributed by atoms with Crippen LogP contribution in [0.5, 0.6) is 0 Å². The van der Waals surface area contributed by atoms with E-state index in [1.807, 2.05) is 30.3 Å². The fraction of sp³-hybridized carbons (Fsp3) is 0.214. The predicted molar refractivity (Wildman–Crippen MR) is 132 cm³/mol. The zero-order chi connectivity index (χ0) is 16.3. The summed E-state index contributed by atoms with van der Waals surface area (Å²) in [5.74, 6) is 0. The largest absolute Gasteiger partial charge is 0.358 e. The zero-order valence-electron chi connectivity index (χ0n) is 19.8. The molecule has 3 aromatic rings. The Bertz CT molecular complexity index is 785. The van der Waals surface area contributed by atoms with Gasteiger partial charge in [-0.2, -0.15) is 23.8 Å². The van der Waals surface area contributed by atoms with Crippen LogP contribution in [0.15, 0.2) is 66.7 Å². The fourth-order valence-corrected chi connectivity index (χ4v) is 3.02. The maximum atomic E-state index is 3.57. The minimum atomic E-state index is 0. The molecule has 0 heterocycles. The summed E-state index contributed by atoms with van der Waals surface area (Å²) in [6.07, 6.45) is 5.66. The number of fused-ring (bicyclic) bond motifs is 2. The number of hydrogen-bond acceptors (Lipinski definition) is 0. The van der Waals surface area contributed by atoms with Gasteiger partial charge in [-0.3, -0.25) is 6.08 Å². The number of rotatable bonds is 1. The first kappa shape index (κ1) is 35.1. The van der Waals surface area contributed by atoms with Gasteiger partial charge in [-0.25, -0.2) is 17.7 Å². The van der Waals surface area contributed by atoms with Crippen LogP contribution in [0.1, 0.15) is 38.3 Å². The van der Waals surface area contributed by atoms with Gasteiger partial charge in [-0.15, -0.1) is 18.1 Å². The molecule has 0 saturated heterocycles. The molecule has 162 valence electrons. The molecule has 3 aromatic carbocycles. The van der Waals surface area contributed by atoms with Gasteiger partial charge in [-0.05, 0) is 16.2 Å². The third-order valence-electron chi connectivity index (χ3n) is 4.05. The van der Waals surface area contributed by atoms with Gasteiger partial charge in [0.2, 0.25) is 0 Å². The molecule has 0 atom stereocenters. The van der Waals surface area contributed by atoms with Crippen LogP contribution in [0.4, 0.5) is 0 Å². The summed E-state index contributed by atoms with van der Waals surface area (Å²) in [6.45, 7) is 6.88. The SMILES string of the molecule is CC(C)(C)CC1=[C-]Cc2cc3ccccc3cc21.[CH3-].[CH3-].[CH3-].[CH3-].[CH3-].[Hf].c1cc[cH-]c1. The summed E-state index contributed by atoms with van der Waals surface area (Å²) in [5, 5.41) is 2.68. The van der Waals surface area contributed by atoms with Gasteiger partial charge in [0.15, 0.2) is 0 Å². The van der Waals surface area contributed by atoms with Gasteiger partial charge in [0.1, 0.15) is 0 Å². The average molecular weight is 554 g/mol. The zero-order valence-corrected chi connectivity index (χ0v) is 23.4. The minimum absolute atomic E-state index is 0. The standard InChI is InChI=1S/C18H19.C5H5.5CH3.Hf/c1-18(2,3)12-16-9-8-15-10-13-6-4-5-7-14(13)11-17(15)16;1-2-4-5-3-1;;;;;;/h4-7,10-11H,8,12H2,1-3H3;1-5H;5*1H3;/q7*-1;. The third-order valence-corrected chi connectivity index (χ3v) is 4.05. The van der Waals surface area contributed by atoms with Crippen molar-refractivity contribution in [3.05, 3.63) is 121 Å². The summed E-state index contributed by atoms with van der Waals surface area (Å²) in [7, 11) is 0. The van der Waals surface area contributed by atoms with Crippen molar-refractivity contribution in [1.29, 1.82) is 0 Å². The summed E-state index contributed by atoms with van der Waals surface area (Å²) >= 11 is 0. The molecule has 0 unspecified atom stereocenters. The molecule has 29 heavy (non-hydrogen) atoms. The molecular weight excluding hydrogens is 515 g/mol. The maximum absolute atomic E-state index is 3.57. The Morgan fingerprint density at radius 2 is 1.34 bits per heavy atom.